The molecule has 0 spiro atoms. The topological polar surface area (TPSA) is 46.5 Å². The first-order valence-electron chi connectivity index (χ1n) is 7.76. The lowest BCUT2D eigenvalue weighted by Gasteiger charge is -2.39. The van der Waals surface area contributed by atoms with Crippen molar-refractivity contribution < 1.29 is 14.6 Å². The standard InChI is InChI=1S/C18H24O3/c1-11-5-6-13(16(19)20)14(9-11)21-15-10-12-7-8-18(15,4)17(12,2)3/h5-6,9,12,15H,7-8,10H2,1-4H3,(H,19,20). The summed E-state index contributed by atoms with van der Waals surface area (Å²) in [5.41, 5.74) is 1.70. The largest absolute Gasteiger partial charge is 0.489 e. The third-order valence-electron chi connectivity index (χ3n) is 6.35. The molecule has 0 aromatic heterocycles. The highest BCUT2D eigenvalue weighted by atomic mass is 16.5. The SMILES string of the molecule is Cc1ccc(C(=O)O)c(OC2CC3CCC2(C)C3(C)C)c1. The first-order valence-corrected chi connectivity index (χ1v) is 7.76. The lowest BCUT2D eigenvalue weighted by molar-refractivity contribution is 0.0288. The Labute approximate surface area is 126 Å². The van der Waals surface area contributed by atoms with Gasteiger partial charge in [-0.15, -0.1) is 0 Å². The van der Waals surface area contributed by atoms with Crippen LogP contribution < -0.4 is 4.74 Å². The van der Waals surface area contributed by atoms with Crippen LogP contribution >= 0.6 is 0 Å². The van der Waals surface area contributed by atoms with Crippen molar-refractivity contribution in [3.63, 3.8) is 0 Å². The van der Waals surface area contributed by atoms with Crippen LogP contribution in [0.3, 0.4) is 0 Å². The lowest BCUT2D eigenvalue weighted by Crippen LogP contribution is -2.39. The summed E-state index contributed by atoms with van der Waals surface area (Å²) in [5, 5.41) is 9.35. The molecule has 3 atom stereocenters. The van der Waals surface area contributed by atoms with Gasteiger partial charge in [0.15, 0.2) is 0 Å². The number of aryl methyl sites for hydroxylation is 1. The average molecular weight is 288 g/mol. The van der Waals surface area contributed by atoms with E-state index in [9.17, 15) is 9.90 Å². The maximum absolute atomic E-state index is 11.4. The second kappa shape index (κ2) is 4.49. The van der Waals surface area contributed by atoms with Crippen LogP contribution in [0.1, 0.15) is 56.0 Å². The van der Waals surface area contributed by atoms with Crippen molar-refractivity contribution >= 4 is 5.97 Å². The number of ether oxygens (including phenoxy) is 1. The second-order valence-electron chi connectivity index (χ2n) is 7.52. The van der Waals surface area contributed by atoms with Gasteiger partial charge in [0.25, 0.3) is 0 Å². The maximum atomic E-state index is 11.4. The molecule has 2 aliphatic carbocycles. The number of carboxylic acid groups (broad SMARTS) is 1. The summed E-state index contributed by atoms with van der Waals surface area (Å²) in [6.07, 6.45) is 3.59. The number of carbonyl (C=O) groups is 1. The van der Waals surface area contributed by atoms with Crippen LogP contribution in [-0.4, -0.2) is 17.2 Å². The van der Waals surface area contributed by atoms with Gasteiger partial charge in [0, 0.05) is 5.41 Å². The number of fused-ring (bicyclic) bond motifs is 2. The summed E-state index contributed by atoms with van der Waals surface area (Å²) in [6, 6.07) is 5.32. The molecule has 3 unspecified atom stereocenters. The highest BCUT2D eigenvalue weighted by molar-refractivity contribution is 5.91. The van der Waals surface area contributed by atoms with E-state index >= 15 is 0 Å². The van der Waals surface area contributed by atoms with Crippen LogP contribution in [0.2, 0.25) is 0 Å². The Kier molecular flexibility index (Phi) is 3.09. The molecule has 0 radical (unpaired) electrons. The maximum Gasteiger partial charge on any atom is 0.339 e. The van der Waals surface area contributed by atoms with Crippen molar-refractivity contribution in [3.8, 4) is 5.75 Å². The predicted octanol–water partition coefficient (Wildman–Crippen LogP) is 4.29. The molecule has 3 rings (SSSR count). The molecule has 2 saturated carbocycles. The molecule has 114 valence electrons. The first-order chi connectivity index (χ1) is 9.75. The Hall–Kier alpha value is -1.51. The normalized spacial score (nSPS) is 33.1. The van der Waals surface area contributed by atoms with Crippen LogP contribution in [-0.2, 0) is 0 Å². The Morgan fingerprint density at radius 1 is 1.33 bits per heavy atom. The van der Waals surface area contributed by atoms with Gasteiger partial charge in [-0.1, -0.05) is 26.8 Å². The third kappa shape index (κ3) is 1.97. The summed E-state index contributed by atoms with van der Waals surface area (Å²) in [7, 11) is 0. The molecule has 1 aromatic rings. The molecule has 0 amide bonds. The van der Waals surface area contributed by atoms with E-state index in [0.717, 1.165) is 12.0 Å². The van der Waals surface area contributed by atoms with Crippen LogP contribution in [0, 0.1) is 23.7 Å². The van der Waals surface area contributed by atoms with Gasteiger partial charge in [0.05, 0.1) is 0 Å². The predicted molar refractivity (Wildman–Crippen MR) is 81.8 cm³/mol. The van der Waals surface area contributed by atoms with Gasteiger partial charge in [-0.3, -0.25) is 0 Å². The smallest absolute Gasteiger partial charge is 0.339 e. The van der Waals surface area contributed by atoms with Crippen molar-refractivity contribution in [1.82, 2.24) is 0 Å². The molecule has 3 heteroatoms. The van der Waals surface area contributed by atoms with E-state index in [1.54, 1.807) is 6.07 Å². The number of rotatable bonds is 3. The number of hydrogen-bond acceptors (Lipinski definition) is 2. The quantitative estimate of drug-likeness (QED) is 0.902. The van der Waals surface area contributed by atoms with E-state index in [4.69, 9.17) is 4.74 Å². The van der Waals surface area contributed by atoms with E-state index < -0.39 is 5.97 Å². The minimum Gasteiger partial charge on any atom is -0.489 e. The molecule has 0 aliphatic heterocycles. The van der Waals surface area contributed by atoms with Crippen molar-refractivity contribution in [2.45, 2.75) is 53.1 Å². The minimum atomic E-state index is -0.919. The zero-order valence-corrected chi connectivity index (χ0v) is 13.3. The highest BCUT2D eigenvalue weighted by Crippen LogP contribution is 2.66. The van der Waals surface area contributed by atoms with E-state index in [-0.39, 0.29) is 22.5 Å². The molecule has 0 heterocycles. The molecule has 21 heavy (non-hydrogen) atoms. The Morgan fingerprint density at radius 2 is 2.05 bits per heavy atom. The summed E-state index contributed by atoms with van der Waals surface area (Å²) < 4.78 is 6.24. The zero-order chi connectivity index (χ0) is 15.4. The fourth-order valence-corrected chi connectivity index (χ4v) is 4.37. The molecule has 1 aromatic carbocycles. The van der Waals surface area contributed by atoms with Crippen molar-refractivity contribution in [2.24, 2.45) is 16.7 Å². The minimum absolute atomic E-state index is 0.117. The summed E-state index contributed by atoms with van der Waals surface area (Å²) >= 11 is 0. The van der Waals surface area contributed by atoms with Gasteiger partial charge in [0.2, 0.25) is 0 Å². The summed E-state index contributed by atoms with van der Waals surface area (Å²) in [6.45, 7) is 8.94. The molecular formula is C18H24O3. The van der Waals surface area contributed by atoms with Crippen molar-refractivity contribution in [1.29, 1.82) is 0 Å². The molecule has 0 saturated heterocycles. The van der Waals surface area contributed by atoms with E-state index in [2.05, 4.69) is 20.8 Å². The van der Waals surface area contributed by atoms with Crippen LogP contribution in [0.15, 0.2) is 18.2 Å². The van der Waals surface area contributed by atoms with Gasteiger partial charge >= 0.3 is 5.97 Å². The van der Waals surface area contributed by atoms with Gasteiger partial charge in [-0.05, 0) is 55.2 Å². The van der Waals surface area contributed by atoms with Crippen LogP contribution in [0.25, 0.3) is 0 Å². The average Bonchev–Trinajstić information content (AvgIpc) is 2.71. The molecular weight excluding hydrogens is 264 g/mol. The van der Waals surface area contributed by atoms with Crippen molar-refractivity contribution in [3.05, 3.63) is 29.3 Å². The van der Waals surface area contributed by atoms with E-state index in [1.165, 1.54) is 12.8 Å². The van der Waals surface area contributed by atoms with Gasteiger partial charge in [0.1, 0.15) is 17.4 Å². The van der Waals surface area contributed by atoms with Crippen LogP contribution in [0.4, 0.5) is 0 Å². The first kappa shape index (κ1) is 14.4. The molecule has 2 aliphatic rings. The Morgan fingerprint density at radius 3 is 2.57 bits per heavy atom. The molecule has 2 bridgehead atoms. The number of aromatic carboxylic acids is 1. The van der Waals surface area contributed by atoms with Gasteiger partial charge in [-0.2, -0.15) is 0 Å². The second-order valence-corrected chi connectivity index (χ2v) is 7.52. The summed E-state index contributed by atoms with van der Waals surface area (Å²) in [5.74, 6) is 0.292. The number of benzene rings is 1. The highest BCUT2D eigenvalue weighted by Gasteiger charge is 2.62. The molecule has 3 nitrogen and oxygen atoms in total. The van der Waals surface area contributed by atoms with Crippen molar-refractivity contribution in [2.75, 3.05) is 0 Å². The monoisotopic (exact) mass is 288 g/mol. The third-order valence-corrected chi connectivity index (χ3v) is 6.35. The Bertz CT molecular complexity index is 590. The fourth-order valence-electron chi connectivity index (χ4n) is 4.37. The molecule has 1 N–H and O–H groups in total. The van der Waals surface area contributed by atoms with Gasteiger partial charge in [-0.25, -0.2) is 4.79 Å². The fraction of sp³-hybridized carbons (Fsp3) is 0.611. The molecule has 2 fully saturated rings. The van der Waals surface area contributed by atoms with E-state index in [1.807, 2.05) is 19.1 Å². The number of carboxylic acids is 1. The summed E-state index contributed by atoms with van der Waals surface area (Å²) in [4.78, 5) is 11.4. The Balaban J connectivity index is 1.92. The van der Waals surface area contributed by atoms with Gasteiger partial charge < -0.3 is 9.84 Å². The van der Waals surface area contributed by atoms with Crippen LogP contribution in [0.5, 0.6) is 5.75 Å². The number of hydrogen-bond donors (Lipinski definition) is 1. The zero-order valence-electron chi connectivity index (χ0n) is 13.3. The van der Waals surface area contributed by atoms with E-state index in [0.29, 0.717) is 11.7 Å². The lowest BCUT2D eigenvalue weighted by atomic mass is 9.70.